The molecule has 0 fully saturated rings. The second-order valence-electron chi connectivity index (χ2n) is 4.17. The molecule has 0 bridgehead atoms. The number of hydrogen-bond donors (Lipinski definition) is 1. The van der Waals surface area contributed by atoms with Gasteiger partial charge in [0.15, 0.2) is 5.43 Å². The summed E-state index contributed by atoms with van der Waals surface area (Å²) < 4.78 is 5.32. The van der Waals surface area contributed by atoms with Crippen LogP contribution in [0.3, 0.4) is 0 Å². The van der Waals surface area contributed by atoms with Gasteiger partial charge in [-0.15, -0.1) is 0 Å². The van der Waals surface area contributed by atoms with Gasteiger partial charge in [-0.2, -0.15) is 0 Å². The van der Waals surface area contributed by atoms with Gasteiger partial charge in [-0.3, -0.25) is 9.78 Å². The molecule has 0 amide bonds. The highest BCUT2D eigenvalue weighted by Crippen LogP contribution is 2.21. The molecule has 19 heavy (non-hydrogen) atoms. The number of nitrogens with zero attached hydrogens (tertiary/aromatic N) is 1. The lowest BCUT2D eigenvalue weighted by molar-refractivity contribution is 0.277. The minimum Gasteiger partial charge on any atom is -0.464 e. The van der Waals surface area contributed by atoms with Gasteiger partial charge in [-0.1, -0.05) is 6.07 Å². The average molecular weight is 253 g/mol. The first-order valence-electron chi connectivity index (χ1n) is 5.86. The van der Waals surface area contributed by atoms with E-state index in [1.165, 1.54) is 6.26 Å². The van der Waals surface area contributed by atoms with Crippen molar-refractivity contribution in [3.05, 3.63) is 64.6 Å². The SMILES string of the molecule is O=c1c(CO)coc2ccc(-c3ccccn3)cc12. The fourth-order valence-corrected chi connectivity index (χ4v) is 1.97. The smallest absolute Gasteiger partial charge is 0.198 e. The minimum atomic E-state index is -0.327. The molecule has 0 aliphatic rings. The Balaban J connectivity index is 2.25. The average Bonchev–Trinajstić information content (AvgIpc) is 2.48. The monoisotopic (exact) mass is 253 g/mol. The van der Waals surface area contributed by atoms with Crippen LogP contribution < -0.4 is 5.43 Å². The zero-order valence-corrected chi connectivity index (χ0v) is 10.0. The molecule has 0 aliphatic carbocycles. The summed E-state index contributed by atoms with van der Waals surface area (Å²) in [5, 5.41) is 9.55. The number of aliphatic hydroxyl groups excluding tert-OH is 1. The van der Waals surface area contributed by atoms with Crippen molar-refractivity contribution in [2.75, 3.05) is 0 Å². The predicted molar refractivity (Wildman–Crippen MR) is 71.6 cm³/mol. The lowest BCUT2D eigenvalue weighted by Gasteiger charge is -2.03. The third-order valence-electron chi connectivity index (χ3n) is 2.97. The first kappa shape index (κ1) is 11.6. The van der Waals surface area contributed by atoms with E-state index in [0.717, 1.165) is 11.3 Å². The van der Waals surface area contributed by atoms with E-state index in [2.05, 4.69) is 4.98 Å². The van der Waals surface area contributed by atoms with Crippen molar-refractivity contribution in [3.63, 3.8) is 0 Å². The maximum absolute atomic E-state index is 12.1. The highest BCUT2D eigenvalue weighted by molar-refractivity contribution is 5.82. The van der Waals surface area contributed by atoms with Crippen LogP contribution in [0.25, 0.3) is 22.2 Å². The van der Waals surface area contributed by atoms with Crippen LogP contribution in [0.5, 0.6) is 0 Å². The first-order chi connectivity index (χ1) is 9.29. The third kappa shape index (κ3) is 2.02. The molecule has 0 spiro atoms. The van der Waals surface area contributed by atoms with Gasteiger partial charge in [-0.05, 0) is 30.3 Å². The van der Waals surface area contributed by atoms with Gasteiger partial charge in [0.25, 0.3) is 0 Å². The third-order valence-corrected chi connectivity index (χ3v) is 2.97. The van der Waals surface area contributed by atoms with Crippen LogP contribution >= 0.6 is 0 Å². The molecule has 0 saturated carbocycles. The Bertz CT molecular complexity index is 778. The maximum atomic E-state index is 12.1. The molecule has 0 unspecified atom stereocenters. The van der Waals surface area contributed by atoms with Gasteiger partial charge in [0.2, 0.25) is 0 Å². The molecule has 1 aromatic carbocycles. The van der Waals surface area contributed by atoms with E-state index in [9.17, 15) is 4.79 Å². The van der Waals surface area contributed by atoms with Crippen molar-refractivity contribution in [1.29, 1.82) is 0 Å². The van der Waals surface area contributed by atoms with Gasteiger partial charge in [-0.25, -0.2) is 0 Å². The first-order valence-corrected chi connectivity index (χ1v) is 5.86. The highest BCUT2D eigenvalue weighted by Gasteiger charge is 2.08. The lowest BCUT2D eigenvalue weighted by atomic mass is 10.1. The summed E-state index contributed by atoms with van der Waals surface area (Å²) in [5.74, 6) is 0. The van der Waals surface area contributed by atoms with E-state index in [-0.39, 0.29) is 17.6 Å². The summed E-state index contributed by atoms with van der Waals surface area (Å²) in [7, 11) is 0. The lowest BCUT2D eigenvalue weighted by Crippen LogP contribution is -2.08. The molecular formula is C15H11NO3. The van der Waals surface area contributed by atoms with Crippen LogP contribution in [0.15, 0.2) is 58.1 Å². The van der Waals surface area contributed by atoms with Gasteiger partial charge < -0.3 is 9.52 Å². The Labute approximate surface area is 109 Å². The molecule has 2 aromatic heterocycles. The largest absolute Gasteiger partial charge is 0.464 e. The predicted octanol–water partition coefficient (Wildman–Crippen LogP) is 2.35. The number of rotatable bonds is 2. The normalized spacial score (nSPS) is 10.8. The fourth-order valence-electron chi connectivity index (χ4n) is 1.97. The molecule has 2 heterocycles. The van der Waals surface area contributed by atoms with Crippen LogP contribution in [-0.4, -0.2) is 10.1 Å². The molecule has 1 N–H and O–H groups in total. The summed E-state index contributed by atoms with van der Waals surface area (Å²) in [6.07, 6.45) is 3.00. The van der Waals surface area contributed by atoms with E-state index >= 15 is 0 Å². The molecule has 0 saturated heterocycles. The second kappa shape index (κ2) is 4.66. The van der Waals surface area contributed by atoms with E-state index in [4.69, 9.17) is 9.52 Å². The second-order valence-corrected chi connectivity index (χ2v) is 4.17. The standard InChI is InChI=1S/C15H11NO3/c17-8-11-9-19-14-5-4-10(7-12(14)15(11)18)13-3-1-2-6-16-13/h1-7,9,17H,8H2. The summed E-state index contributed by atoms with van der Waals surface area (Å²) in [6.45, 7) is -0.327. The van der Waals surface area contributed by atoms with Crippen LogP contribution in [0.1, 0.15) is 5.56 Å². The zero-order valence-electron chi connectivity index (χ0n) is 10.0. The summed E-state index contributed by atoms with van der Waals surface area (Å²) in [4.78, 5) is 16.3. The topological polar surface area (TPSA) is 63.3 Å². The van der Waals surface area contributed by atoms with E-state index in [1.54, 1.807) is 18.3 Å². The number of aliphatic hydroxyl groups is 1. The van der Waals surface area contributed by atoms with Crippen LogP contribution in [0.2, 0.25) is 0 Å². The van der Waals surface area contributed by atoms with Gasteiger partial charge >= 0.3 is 0 Å². The number of benzene rings is 1. The molecule has 4 heteroatoms. The van der Waals surface area contributed by atoms with Crippen LogP contribution in [-0.2, 0) is 6.61 Å². The number of fused-ring (bicyclic) bond motifs is 1. The molecule has 94 valence electrons. The van der Waals surface area contributed by atoms with Gasteiger partial charge in [0, 0.05) is 11.8 Å². The molecule has 0 aliphatic heterocycles. The molecule has 3 aromatic rings. The number of aromatic nitrogens is 1. The number of pyridine rings is 1. The molecule has 0 atom stereocenters. The van der Waals surface area contributed by atoms with Crippen LogP contribution in [0, 0.1) is 0 Å². The van der Waals surface area contributed by atoms with Crippen molar-refractivity contribution in [1.82, 2.24) is 4.98 Å². The van der Waals surface area contributed by atoms with E-state index in [1.807, 2.05) is 24.3 Å². The maximum Gasteiger partial charge on any atom is 0.198 e. The van der Waals surface area contributed by atoms with Crippen LogP contribution in [0.4, 0.5) is 0 Å². The Morgan fingerprint density at radius 1 is 1.21 bits per heavy atom. The Morgan fingerprint density at radius 3 is 2.84 bits per heavy atom. The van der Waals surface area contributed by atoms with Crippen molar-refractivity contribution in [2.45, 2.75) is 6.61 Å². The Hall–Kier alpha value is -2.46. The molecule has 4 nitrogen and oxygen atoms in total. The van der Waals surface area contributed by atoms with E-state index < -0.39 is 0 Å². The van der Waals surface area contributed by atoms with Crippen molar-refractivity contribution >= 4 is 11.0 Å². The van der Waals surface area contributed by atoms with Crippen molar-refractivity contribution in [2.24, 2.45) is 0 Å². The molecule has 0 radical (unpaired) electrons. The van der Waals surface area contributed by atoms with Gasteiger partial charge in [0.05, 0.1) is 23.3 Å². The Kier molecular flexibility index (Phi) is 2.85. The van der Waals surface area contributed by atoms with Crippen molar-refractivity contribution in [3.8, 4) is 11.3 Å². The molecule has 3 rings (SSSR count). The minimum absolute atomic E-state index is 0.207. The zero-order chi connectivity index (χ0) is 13.2. The summed E-state index contributed by atoms with van der Waals surface area (Å²) in [6, 6.07) is 10.9. The van der Waals surface area contributed by atoms with Crippen molar-refractivity contribution < 1.29 is 9.52 Å². The Morgan fingerprint density at radius 2 is 2.11 bits per heavy atom. The number of hydrogen-bond acceptors (Lipinski definition) is 4. The van der Waals surface area contributed by atoms with Gasteiger partial charge in [0.1, 0.15) is 11.8 Å². The quantitative estimate of drug-likeness (QED) is 0.761. The fraction of sp³-hybridized carbons (Fsp3) is 0.0667. The van der Waals surface area contributed by atoms with E-state index in [0.29, 0.717) is 11.0 Å². The summed E-state index contributed by atoms with van der Waals surface area (Å²) >= 11 is 0. The molecular weight excluding hydrogens is 242 g/mol. The highest BCUT2D eigenvalue weighted by atomic mass is 16.3. The summed E-state index contributed by atoms with van der Waals surface area (Å²) in [5.41, 5.74) is 2.18.